The molecule has 1 aromatic rings. The van der Waals surface area contributed by atoms with Crippen molar-refractivity contribution in [1.82, 2.24) is 10.3 Å². The van der Waals surface area contributed by atoms with Crippen LogP contribution in [-0.2, 0) is 4.79 Å². The summed E-state index contributed by atoms with van der Waals surface area (Å²) in [5.41, 5.74) is -1.24. The number of rotatable bonds is 5. The highest BCUT2D eigenvalue weighted by molar-refractivity contribution is 5.97. The molecule has 1 heterocycles. The van der Waals surface area contributed by atoms with Crippen LogP contribution in [0.3, 0.4) is 0 Å². The number of amides is 1. The van der Waals surface area contributed by atoms with Gasteiger partial charge in [-0.3, -0.25) is 4.79 Å². The Morgan fingerprint density at radius 1 is 1.30 bits per heavy atom. The van der Waals surface area contributed by atoms with Crippen LogP contribution in [0.2, 0.25) is 0 Å². The lowest BCUT2D eigenvalue weighted by molar-refractivity contribution is -0.154. The van der Waals surface area contributed by atoms with E-state index in [4.69, 9.17) is 0 Å². The average Bonchev–Trinajstić information content (AvgIpc) is 2.95. The lowest BCUT2D eigenvalue weighted by Gasteiger charge is -2.25. The highest BCUT2D eigenvalue weighted by Crippen LogP contribution is 2.30. The van der Waals surface area contributed by atoms with E-state index in [2.05, 4.69) is 15.0 Å². The Morgan fingerprint density at radius 2 is 1.96 bits per heavy atom. The number of alkyl halides is 3. The molecule has 126 valence electrons. The van der Waals surface area contributed by atoms with E-state index in [-0.39, 0.29) is 11.4 Å². The molecular weight excluding hydrogens is 317 g/mol. The zero-order chi connectivity index (χ0) is 17.1. The maximum absolute atomic E-state index is 12.1. The number of nitrogens with one attached hydrogen (secondary N) is 1. The highest BCUT2D eigenvalue weighted by Gasteiger charge is 2.42. The number of pyridine rings is 1. The zero-order valence-corrected chi connectivity index (χ0v) is 12.0. The summed E-state index contributed by atoms with van der Waals surface area (Å²) in [5, 5.41) is 11.8. The number of hydrogen-bond acceptors (Lipinski definition) is 4. The van der Waals surface area contributed by atoms with Gasteiger partial charge in [-0.25, -0.2) is 9.78 Å². The van der Waals surface area contributed by atoms with Crippen molar-refractivity contribution in [3.63, 3.8) is 0 Å². The first-order valence-electron chi connectivity index (χ1n) is 6.93. The summed E-state index contributed by atoms with van der Waals surface area (Å²) in [6, 6.07) is 2.36. The number of ether oxygens (including phenoxy) is 1. The molecule has 1 amide bonds. The highest BCUT2D eigenvalue weighted by atomic mass is 19.4. The second kappa shape index (κ2) is 6.43. The van der Waals surface area contributed by atoms with E-state index in [9.17, 15) is 27.9 Å². The van der Waals surface area contributed by atoms with Crippen LogP contribution in [0.25, 0.3) is 0 Å². The molecule has 9 heteroatoms. The van der Waals surface area contributed by atoms with Crippen LogP contribution in [0.5, 0.6) is 5.88 Å². The van der Waals surface area contributed by atoms with Gasteiger partial charge in [0.2, 0.25) is 5.88 Å². The number of carboxylic acids is 1. The van der Waals surface area contributed by atoms with Crippen molar-refractivity contribution in [3.05, 3.63) is 23.9 Å². The molecule has 0 radical (unpaired) electrons. The number of carboxylic acid groups (broad SMARTS) is 1. The van der Waals surface area contributed by atoms with Crippen molar-refractivity contribution < 1.29 is 32.6 Å². The monoisotopic (exact) mass is 332 g/mol. The lowest BCUT2D eigenvalue weighted by atomic mass is 9.97. The minimum Gasteiger partial charge on any atom is -0.480 e. The Labute approximate surface area is 129 Å². The average molecular weight is 332 g/mol. The van der Waals surface area contributed by atoms with Crippen LogP contribution in [0.4, 0.5) is 13.2 Å². The van der Waals surface area contributed by atoms with E-state index >= 15 is 0 Å². The molecule has 6 nitrogen and oxygen atoms in total. The smallest absolute Gasteiger partial charge is 0.422 e. The molecule has 0 aromatic carbocycles. The Hall–Kier alpha value is -2.32. The van der Waals surface area contributed by atoms with Crippen LogP contribution in [-0.4, -0.2) is 40.3 Å². The molecule has 0 bridgehead atoms. The summed E-state index contributed by atoms with van der Waals surface area (Å²) in [5.74, 6) is -2.00. The second-order valence-electron chi connectivity index (χ2n) is 5.34. The molecule has 0 saturated heterocycles. The second-order valence-corrected chi connectivity index (χ2v) is 5.34. The van der Waals surface area contributed by atoms with Gasteiger partial charge in [0.05, 0.1) is 5.56 Å². The molecule has 2 N–H and O–H groups in total. The minimum atomic E-state index is -4.48. The standard InChI is InChI=1S/C14H15F3N2O4/c15-14(16,17)8-23-10-4-3-9(7-18-10)11(20)19-13(12(21)22)5-1-2-6-13/h3-4,7H,1-2,5-6,8H2,(H,19,20)(H,21,22). The maximum atomic E-state index is 12.1. The largest absolute Gasteiger partial charge is 0.480 e. The van der Waals surface area contributed by atoms with Crippen LogP contribution in [0, 0.1) is 0 Å². The van der Waals surface area contributed by atoms with E-state index in [0.717, 1.165) is 12.3 Å². The molecule has 0 spiro atoms. The fourth-order valence-electron chi connectivity index (χ4n) is 2.42. The Bertz CT molecular complexity index is 581. The van der Waals surface area contributed by atoms with Crippen molar-refractivity contribution in [2.45, 2.75) is 37.4 Å². The Balaban J connectivity index is 2.01. The summed E-state index contributed by atoms with van der Waals surface area (Å²) < 4.78 is 40.5. The predicted octanol–water partition coefficient (Wildman–Crippen LogP) is 2.15. The van der Waals surface area contributed by atoms with Gasteiger partial charge in [-0.1, -0.05) is 12.8 Å². The van der Waals surface area contributed by atoms with Crippen molar-refractivity contribution in [3.8, 4) is 5.88 Å². The third-order valence-electron chi connectivity index (χ3n) is 3.60. The third-order valence-corrected chi connectivity index (χ3v) is 3.60. The SMILES string of the molecule is O=C(NC1(C(=O)O)CCCC1)c1ccc(OCC(F)(F)F)nc1. The topological polar surface area (TPSA) is 88.5 Å². The van der Waals surface area contributed by atoms with E-state index in [0.29, 0.717) is 25.7 Å². The van der Waals surface area contributed by atoms with Gasteiger partial charge in [0, 0.05) is 12.3 Å². The lowest BCUT2D eigenvalue weighted by Crippen LogP contribution is -2.52. The first-order chi connectivity index (χ1) is 10.7. The van der Waals surface area contributed by atoms with Crippen molar-refractivity contribution in [1.29, 1.82) is 0 Å². The molecule has 0 aliphatic heterocycles. The van der Waals surface area contributed by atoms with Gasteiger partial charge < -0.3 is 15.2 Å². The number of aromatic nitrogens is 1. The van der Waals surface area contributed by atoms with E-state index in [1.54, 1.807) is 0 Å². The zero-order valence-electron chi connectivity index (χ0n) is 12.0. The number of carbonyl (C=O) groups excluding carboxylic acids is 1. The number of aliphatic carboxylic acids is 1. The van der Waals surface area contributed by atoms with Crippen LogP contribution in [0.15, 0.2) is 18.3 Å². The fourth-order valence-corrected chi connectivity index (χ4v) is 2.42. The van der Waals surface area contributed by atoms with E-state index in [1.807, 2.05) is 0 Å². The molecule has 23 heavy (non-hydrogen) atoms. The van der Waals surface area contributed by atoms with Gasteiger partial charge in [-0.05, 0) is 18.9 Å². The molecule has 1 saturated carbocycles. The maximum Gasteiger partial charge on any atom is 0.422 e. The molecule has 1 aromatic heterocycles. The molecule has 1 aliphatic rings. The van der Waals surface area contributed by atoms with Crippen molar-refractivity contribution >= 4 is 11.9 Å². The summed E-state index contributed by atoms with van der Waals surface area (Å²) in [4.78, 5) is 27.1. The van der Waals surface area contributed by atoms with Gasteiger partial charge in [0.25, 0.3) is 5.91 Å². The molecule has 1 fully saturated rings. The van der Waals surface area contributed by atoms with Crippen molar-refractivity contribution in [2.24, 2.45) is 0 Å². The van der Waals surface area contributed by atoms with Gasteiger partial charge in [-0.15, -0.1) is 0 Å². The summed E-state index contributed by atoms with van der Waals surface area (Å²) in [7, 11) is 0. The third kappa shape index (κ3) is 4.33. The normalized spacial score (nSPS) is 16.8. The van der Waals surface area contributed by atoms with Gasteiger partial charge in [0.15, 0.2) is 6.61 Å². The molecule has 0 atom stereocenters. The number of halogens is 3. The van der Waals surface area contributed by atoms with Crippen LogP contribution < -0.4 is 10.1 Å². The number of nitrogens with zero attached hydrogens (tertiary/aromatic N) is 1. The molecule has 1 aliphatic carbocycles. The first kappa shape index (κ1) is 17.0. The molecule has 0 unspecified atom stereocenters. The number of hydrogen-bond donors (Lipinski definition) is 2. The minimum absolute atomic E-state index is 0.0527. The summed E-state index contributed by atoms with van der Waals surface area (Å²) in [6.07, 6.45) is -1.34. The summed E-state index contributed by atoms with van der Waals surface area (Å²) >= 11 is 0. The number of carbonyl (C=O) groups is 2. The quantitative estimate of drug-likeness (QED) is 0.862. The van der Waals surface area contributed by atoms with Gasteiger partial charge >= 0.3 is 12.1 Å². The van der Waals surface area contributed by atoms with Gasteiger partial charge in [0.1, 0.15) is 5.54 Å². The van der Waals surface area contributed by atoms with E-state index < -0.39 is 30.2 Å². The summed E-state index contributed by atoms with van der Waals surface area (Å²) in [6.45, 7) is -1.48. The molecule has 2 rings (SSSR count). The Morgan fingerprint density at radius 3 is 2.43 bits per heavy atom. The van der Waals surface area contributed by atoms with Crippen LogP contribution >= 0.6 is 0 Å². The van der Waals surface area contributed by atoms with Gasteiger partial charge in [-0.2, -0.15) is 13.2 Å². The first-order valence-corrected chi connectivity index (χ1v) is 6.93. The Kier molecular flexibility index (Phi) is 4.76. The van der Waals surface area contributed by atoms with Crippen LogP contribution in [0.1, 0.15) is 36.0 Å². The van der Waals surface area contributed by atoms with E-state index in [1.165, 1.54) is 6.07 Å². The predicted molar refractivity (Wildman–Crippen MR) is 72.1 cm³/mol. The molecular formula is C14H15F3N2O4. The van der Waals surface area contributed by atoms with Crippen molar-refractivity contribution in [2.75, 3.05) is 6.61 Å². The fraction of sp³-hybridized carbons (Fsp3) is 0.500.